The Morgan fingerprint density at radius 2 is 1.79 bits per heavy atom. The molecule has 2 aliphatic rings. The lowest BCUT2D eigenvalue weighted by atomic mass is 9.67. The summed E-state index contributed by atoms with van der Waals surface area (Å²) in [6.45, 7) is 6.60. The molecule has 3 rings (SSSR count). The molecule has 1 aromatic rings. The fourth-order valence-electron chi connectivity index (χ4n) is 3.58. The Kier molecular flexibility index (Phi) is 4.45. The summed E-state index contributed by atoms with van der Waals surface area (Å²) in [5, 5.41) is 2.72. The highest BCUT2D eigenvalue weighted by Crippen LogP contribution is 2.52. The molecule has 2 aliphatic heterocycles. The number of allylic oxidation sites excluding steroid dienone is 1. The number of ether oxygens (including phenoxy) is 3. The molecule has 8 nitrogen and oxygen atoms in total. The number of hydrogen-bond donors (Lipinski definition) is 2. The highest BCUT2D eigenvalue weighted by molar-refractivity contribution is 6.21. The van der Waals surface area contributed by atoms with E-state index < -0.39 is 28.9 Å². The van der Waals surface area contributed by atoms with Crippen LogP contribution in [0.4, 0.5) is 5.69 Å². The van der Waals surface area contributed by atoms with Gasteiger partial charge in [-0.1, -0.05) is 18.2 Å². The number of methoxy groups -OCH3 is 1. The summed E-state index contributed by atoms with van der Waals surface area (Å²) >= 11 is 0. The molecule has 0 aliphatic carbocycles. The van der Waals surface area contributed by atoms with Gasteiger partial charge in [-0.15, -0.1) is 0 Å². The molecule has 3 N–H and O–H groups in total. The molecule has 1 amide bonds. The Morgan fingerprint density at radius 1 is 1.14 bits per heavy atom. The topological polar surface area (TPSA) is 117 Å². The normalized spacial score (nSPS) is 21.2. The zero-order valence-electron chi connectivity index (χ0n) is 16.3. The molecular weight excluding hydrogens is 364 g/mol. The number of carbonyl (C=O) groups is 3. The molecular formula is C20H22N2O6. The number of nitrogens with one attached hydrogen (secondary N) is 1. The van der Waals surface area contributed by atoms with Crippen molar-refractivity contribution in [2.24, 2.45) is 5.73 Å². The minimum atomic E-state index is -1.83. The third-order valence-corrected chi connectivity index (χ3v) is 4.52. The Balaban J connectivity index is 2.36. The predicted octanol–water partition coefficient (Wildman–Crippen LogP) is 1.87. The van der Waals surface area contributed by atoms with Crippen molar-refractivity contribution >= 4 is 23.5 Å². The van der Waals surface area contributed by atoms with Crippen LogP contribution in [0.1, 0.15) is 33.3 Å². The SMILES string of the molecule is COC(=O)C1=C(N)OC(C)=C(C(=O)OC(C)(C)C)[C@@]12C(=O)Nc1ccccc12. The Bertz CT molecular complexity index is 954. The molecule has 28 heavy (non-hydrogen) atoms. The quantitative estimate of drug-likeness (QED) is 0.745. The van der Waals surface area contributed by atoms with Crippen molar-refractivity contribution in [2.75, 3.05) is 12.4 Å². The van der Waals surface area contributed by atoms with Crippen LogP contribution in [0.15, 0.2) is 47.1 Å². The summed E-state index contributed by atoms with van der Waals surface area (Å²) in [5.41, 5.74) is 3.81. The van der Waals surface area contributed by atoms with Gasteiger partial charge in [-0.2, -0.15) is 0 Å². The minimum Gasteiger partial charge on any atom is -0.465 e. The van der Waals surface area contributed by atoms with Crippen molar-refractivity contribution in [2.45, 2.75) is 38.7 Å². The van der Waals surface area contributed by atoms with E-state index in [1.54, 1.807) is 45.0 Å². The van der Waals surface area contributed by atoms with Crippen LogP contribution in [0.25, 0.3) is 0 Å². The highest BCUT2D eigenvalue weighted by Gasteiger charge is 2.61. The second-order valence-electron chi connectivity index (χ2n) is 7.52. The lowest BCUT2D eigenvalue weighted by molar-refractivity contribution is -0.152. The summed E-state index contributed by atoms with van der Waals surface area (Å²) in [7, 11) is 1.16. The number of benzene rings is 1. The maximum Gasteiger partial charge on any atom is 0.340 e. The van der Waals surface area contributed by atoms with Crippen LogP contribution in [-0.4, -0.2) is 30.6 Å². The monoisotopic (exact) mass is 386 g/mol. The average Bonchev–Trinajstić information content (AvgIpc) is 2.85. The molecule has 1 spiro atoms. The molecule has 1 atom stereocenters. The zero-order chi connectivity index (χ0) is 20.9. The fourth-order valence-corrected chi connectivity index (χ4v) is 3.58. The van der Waals surface area contributed by atoms with E-state index in [9.17, 15) is 14.4 Å². The van der Waals surface area contributed by atoms with Gasteiger partial charge in [0.15, 0.2) is 0 Å². The molecule has 0 bridgehead atoms. The predicted molar refractivity (Wildman–Crippen MR) is 99.6 cm³/mol. The van der Waals surface area contributed by atoms with E-state index in [-0.39, 0.29) is 22.8 Å². The van der Waals surface area contributed by atoms with E-state index >= 15 is 0 Å². The Morgan fingerprint density at radius 3 is 2.39 bits per heavy atom. The molecule has 8 heteroatoms. The molecule has 2 heterocycles. The van der Waals surface area contributed by atoms with Gasteiger partial charge in [0.25, 0.3) is 0 Å². The second-order valence-corrected chi connectivity index (χ2v) is 7.52. The number of para-hydroxylation sites is 1. The molecule has 0 unspecified atom stereocenters. The van der Waals surface area contributed by atoms with Crippen LogP contribution in [-0.2, 0) is 34.0 Å². The van der Waals surface area contributed by atoms with Crippen molar-refractivity contribution in [1.82, 2.24) is 0 Å². The van der Waals surface area contributed by atoms with Crippen LogP contribution in [0.3, 0.4) is 0 Å². The van der Waals surface area contributed by atoms with Gasteiger partial charge < -0.3 is 25.3 Å². The van der Waals surface area contributed by atoms with Crippen LogP contribution in [0, 0.1) is 0 Å². The largest absolute Gasteiger partial charge is 0.465 e. The third-order valence-electron chi connectivity index (χ3n) is 4.52. The summed E-state index contributed by atoms with van der Waals surface area (Å²) < 4.78 is 15.9. The molecule has 0 aromatic heterocycles. The first kappa shape index (κ1) is 19.5. The van der Waals surface area contributed by atoms with Gasteiger partial charge in [0.1, 0.15) is 27.9 Å². The van der Waals surface area contributed by atoms with Crippen molar-refractivity contribution in [1.29, 1.82) is 0 Å². The fraction of sp³-hybridized carbons (Fsp3) is 0.350. The first-order valence-corrected chi connectivity index (χ1v) is 8.66. The Hall–Kier alpha value is -3.29. The van der Waals surface area contributed by atoms with Gasteiger partial charge in [-0.05, 0) is 33.8 Å². The van der Waals surface area contributed by atoms with Crippen LogP contribution in [0.2, 0.25) is 0 Å². The second kappa shape index (κ2) is 6.40. The van der Waals surface area contributed by atoms with Gasteiger partial charge in [0.2, 0.25) is 11.8 Å². The third kappa shape index (κ3) is 2.72. The van der Waals surface area contributed by atoms with E-state index in [1.165, 1.54) is 6.92 Å². The molecule has 1 aromatic carbocycles. The van der Waals surface area contributed by atoms with Gasteiger partial charge >= 0.3 is 11.9 Å². The number of amides is 1. The standard InChI is InChI=1S/C20H22N2O6/c1-10-13(17(24)28-19(2,3)4)20(14(15(21)27-10)16(23)26-5)11-8-6-7-9-12(11)22-18(20)25/h6-9H,21H2,1-5H3,(H,22,25)/t20-/m1/s1. The molecule has 0 saturated heterocycles. The van der Waals surface area contributed by atoms with Gasteiger partial charge in [-0.3, -0.25) is 4.79 Å². The van der Waals surface area contributed by atoms with Gasteiger partial charge in [0, 0.05) is 11.3 Å². The van der Waals surface area contributed by atoms with E-state index in [0.717, 1.165) is 7.11 Å². The average molecular weight is 386 g/mol. The first-order valence-electron chi connectivity index (χ1n) is 8.66. The van der Waals surface area contributed by atoms with Gasteiger partial charge in [0.05, 0.1) is 7.11 Å². The molecule has 148 valence electrons. The molecule has 0 radical (unpaired) electrons. The highest BCUT2D eigenvalue weighted by atomic mass is 16.6. The number of hydrogen-bond acceptors (Lipinski definition) is 7. The van der Waals surface area contributed by atoms with Crippen LogP contribution in [0.5, 0.6) is 0 Å². The first-order chi connectivity index (χ1) is 13.0. The minimum absolute atomic E-state index is 0.0752. The summed E-state index contributed by atoms with van der Waals surface area (Å²) in [5.74, 6) is -2.50. The van der Waals surface area contributed by atoms with Crippen molar-refractivity contribution < 1.29 is 28.6 Å². The van der Waals surface area contributed by atoms with E-state index in [4.69, 9.17) is 19.9 Å². The molecule has 0 fully saturated rings. The maximum atomic E-state index is 13.3. The number of esters is 2. The molecule has 0 saturated carbocycles. The number of carbonyl (C=O) groups excluding carboxylic acids is 3. The van der Waals surface area contributed by atoms with Crippen molar-refractivity contribution in [3.05, 3.63) is 52.6 Å². The number of anilines is 1. The summed E-state index contributed by atoms with van der Waals surface area (Å²) in [6, 6.07) is 6.74. The lowest BCUT2D eigenvalue weighted by Crippen LogP contribution is -2.49. The summed E-state index contributed by atoms with van der Waals surface area (Å²) in [6.07, 6.45) is 0. The van der Waals surface area contributed by atoms with Crippen LogP contribution < -0.4 is 11.1 Å². The number of fused-ring (bicyclic) bond motifs is 2. The zero-order valence-corrected chi connectivity index (χ0v) is 16.3. The van der Waals surface area contributed by atoms with Crippen molar-refractivity contribution in [3.8, 4) is 0 Å². The van der Waals surface area contributed by atoms with Gasteiger partial charge in [-0.25, -0.2) is 9.59 Å². The number of nitrogens with two attached hydrogens (primary N) is 1. The maximum absolute atomic E-state index is 13.3. The van der Waals surface area contributed by atoms with E-state index in [1.807, 2.05) is 0 Å². The summed E-state index contributed by atoms with van der Waals surface area (Å²) in [4.78, 5) is 39.1. The van der Waals surface area contributed by atoms with E-state index in [2.05, 4.69) is 5.32 Å². The Labute approximate surface area is 162 Å². The number of rotatable bonds is 2. The smallest absolute Gasteiger partial charge is 0.340 e. The van der Waals surface area contributed by atoms with Crippen molar-refractivity contribution in [3.63, 3.8) is 0 Å². The lowest BCUT2D eigenvalue weighted by Gasteiger charge is -2.36. The van der Waals surface area contributed by atoms with Crippen LogP contribution >= 0.6 is 0 Å². The van der Waals surface area contributed by atoms with E-state index in [0.29, 0.717) is 11.3 Å².